The zero-order valence-corrected chi connectivity index (χ0v) is 21.6. The van der Waals surface area contributed by atoms with Gasteiger partial charge in [0.2, 0.25) is 0 Å². The molecule has 2 aromatic heterocycles. The Labute approximate surface area is 218 Å². The summed E-state index contributed by atoms with van der Waals surface area (Å²) < 4.78 is 55.9. The molecule has 1 aliphatic rings. The van der Waals surface area contributed by atoms with Crippen LogP contribution in [0.2, 0.25) is 0 Å². The smallest absolute Gasteiger partial charge is 0.416 e. The zero-order chi connectivity index (χ0) is 27.5. The molecule has 3 heterocycles. The Balaban J connectivity index is 1.65. The lowest BCUT2D eigenvalue weighted by Crippen LogP contribution is -2.47. The molecule has 38 heavy (non-hydrogen) atoms. The molecule has 1 amide bonds. The van der Waals surface area contributed by atoms with E-state index in [0.29, 0.717) is 40.9 Å². The summed E-state index contributed by atoms with van der Waals surface area (Å²) in [5.41, 5.74) is -0.771. The van der Waals surface area contributed by atoms with Gasteiger partial charge in [0.25, 0.3) is 0 Å². The minimum atomic E-state index is -4.54. The molecule has 0 unspecified atom stereocenters. The van der Waals surface area contributed by atoms with Gasteiger partial charge in [-0.05, 0) is 57.9 Å². The average Bonchev–Trinajstić information content (AvgIpc) is 2.86. The van der Waals surface area contributed by atoms with Crippen LogP contribution in [0.1, 0.15) is 39.2 Å². The van der Waals surface area contributed by atoms with Crippen molar-refractivity contribution in [1.29, 1.82) is 0 Å². The number of nitrogens with one attached hydrogen (secondary N) is 1. The second-order valence-corrected chi connectivity index (χ2v) is 9.99. The molecule has 1 aromatic carbocycles. The van der Waals surface area contributed by atoms with Crippen LogP contribution in [0, 0.1) is 0 Å². The van der Waals surface area contributed by atoms with E-state index in [1.54, 1.807) is 23.4 Å². The molecule has 0 radical (unpaired) electrons. The van der Waals surface area contributed by atoms with Gasteiger partial charge in [0.05, 0.1) is 5.56 Å². The third-order valence-corrected chi connectivity index (χ3v) is 5.89. The molecule has 204 valence electrons. The monoisotopic (exact) mass is 533 g/mol. The van der Waals surface area contributed by atoms with Crippen LogP contribution in [0.15, 0.2) is 36.7 Å². The Morgan fingerprint density at radius 1 is 1.16 bits per heavy atom. The highest BCUT2D eigenvalue weighted by atomic mass is 19.4. The van der Waals surface area contributed by atoms with Crippen LogP contribution in [0.4, 0.5) is 23.8 Å². The number of ether oxygens (including phenoxy) is 3. The van der Waals surface area contributed by atoms with Crippen molar-refractivity contribution in [2.75, 3.05) is 32.3 Å². The number of amides is 1. The lowest BCUT2D eigenvalue weighted by Gasteiger charge is -2.34. The number of methoxy groups -OCH3 is 1. The summed E-state index contributed by atoms with van der Waals surface area (Å²) >= 11 is 0. The molecular weight excluding hydrogens is 503 g/mol. The first kappa shape index (κ1) is 27.4. The van der Waals surface area contributed by atoms with Gasteiger partial charge in [-0.3, -0.25) is 4.98 Å². The van der Waals surface area contributed by atoms with Crippen molar-refractivity contribution in [2.24, 2.45) is 0 Å². The SMILES string of the molecule is COCOc1cc(C(F)(F)F)ccc1-c1nnc(N[C@@H]2CCCN(C(=O)OC(C)(C)C)C2)c2cnccc12. The number of benzene rings is 1. The van der Waals surface area contributed by atoms with Crippen LogP contribution >= 0.6 is 0 Å². The Kier molecular flexibility index (Phi) is 7.91. The number of alkyl halides is 3. The number of carbonyl (C=O) groups is 1. The van der Waals surface area contributed by atoms with E-state index >= 15 is 0 Å². The van der Waals surface area contributed by atoms with Crippen LogP contribution in [-0.2, 0) is 15.7 Å². The third kappa shape index (κ3) is 6.42. The summed E-state index contributed by atoms with van der Waals surface area (Å²) in [4.78, 5) is 18.4. The Hall–Kier alpha value is -3.67. The predicted molar refractivity (Wildman–Crippen MR) is 135 cm³/mol. The topological polar surface area (TPSA) is 98.7 Å². The summed E-state index contributed by atoms with van der Waals surface area (Å²) in [7, 11) is 1.38. The largest absolute Gasteiger partial charge is 0.467 e. The van der Waals surface area contributed by atoms with Crippen molar-refractivity contribution in [2.45, 2.75) is 51.4 Å². The Morgan fingerprint density at radius 3 is 2.66 bits per heavy atom. The highest BCUT2D eigenvalue weighted by Crippen LogP contribution is 2.39. The predicted octanol–water partition coefficient (Wildman–Crippen LogP) is 5.50. The number of rotatable bonds is 6. The fourth-order valence-electron chi connectivity index (χ4n) is 4.22. The number of fused-ring (bicyclic) bond motifs is 1. The molecule has 0 saturated carbocycles. The average molecular weight is 534 g/mol. The number of piperidine rings is 1. The van der Waals surface area contributed by atoms with Crippen LogP contribution in [0.3, 0.4) is 0 Å². The third-order valence-electron chi connectivity index (χ3n) is 5.89. The van der Waals surface area contributed by atoms with Crippen molar-refractivity contribution in [3.8, 4) is 17.0 Å². The molecule has 12 heteroatoms. The molecular formula is C26H30F3N5O4. The van der Waals surface area contributed by atoms with E-state index in [4.69, 9.17) is 14.2 Å². The van der Waals surface area contributed by atoms with E-state index < -0.39 is 17.3 Å². The molecule has 1 N–H and O–H groups in total. The fraction of sp³-hybridized carbons (Fsp3) is 0.462. The molecule has 3 aromatic rings. The standard InChI is InChI=1S/C26H30F3N5O4/c1-25(2,3)38-24(35)34-11-5-6-17(14-34)31-23-20-13-30-10-9-18(20)22(32-33-23)19-8-7-16(26(27,28)29)12-21(19)37-15-36-4/h7-10,12-13,17H,5-6,11,14-15H2,1-4H3,(H,31,33)/t17-/m1/s1. The van der Waals surface area contributed by atoms with Crippen LogP contribution in [0.25, 0.3) is 22.0 Å². The van der Waals surface area contributed by atoms with E-state index in [-0.39, 0.29) is 24.7 Å². The molecule has 1 fully saturated rings. The van der Waals surface area contributed by atoms with Crippen molar-refractivity contribution in [3.63, 3.8) is 0 Å². The highest BCUT2D eigenvalue weighted by molar-refractivity contribution is 6.00. The molecule has 1 aliphatic heterocycles. The number of hydrogen-bond donors (Lipinski definition) is 1. The van der Waals surface area contributed by atoms with Crippen molar-refractivity contribution >= 4 is 22.7 Å². The minimum Gasteiger partial charge on any atom is -0.467 e. The molecule has 0 spiro atoms. The highest BCUT2D eigenvalue weighted by Gasteiger charge is 2.32. The van der Waals surface area contributed by atoms with Crippen molar-refractivity contribution in [1.82, 2.24) is 20.1 Å². The minimum absolute atomic E-state index is 0.0323. The molecule has 1 saturated heterocycles. The number of hydrogen-bond acceptors (Lipinski definition) is 8. The second kappa shape index (κ2) is 11.0. The van der Waals surface area contributed by atoms with E-state index in [0.717, 1.165) is 25.0 Å². The molecule has 9 nitrogen and oxygen atoms in total. The molecule has 0 bridgehead atoms. The van der Waals surface area contributed by atoms with Crippen LogP contribution < -0.4 is 10.1 Å². The van der Waals surface area contributed by atoms with Gasteiger partial charge < -0.3 is 24.4 Å². The normalized spacial score (nSPS) is 16.4. The maximum absolute atomic E-state index is 13.3. The Bertz CT molecular complexity index is 1300. The van der Waals surface area contributed by atoms with Gasteiger partial charge >= 0.3 is 12.3 Å². The van der Waals surface area contributed by atoms with Crippen molar-refractivity contribution < 1.29 is 32.2 Å². The van der Waals surface area contributed by atoms with Gasteiger partial charge in [0.15, 0.2) is 12.6 Å². The summed E-state index contributed by atoms with van der Waals surface area (Å²) in [5, 5.41) is 13.3. The van der Waals surface area contributed by atoms with E-state index in [2.05, 4.69) is 20.5 Å². The summed E-state index contributed by atoms with van der Waals surface area (Å²) in [6.07, 6.45) is -0.139. The number of likely N-dealkylation sites (tertiary alicyclic amines) is 1. The maximum Gasteiger partial charge on any atom is 0.416 e. The summed E-state index contributed by atoms with van der Waals surface area (Å²) in [6, 6.07) is 4.82. The van der Waals surface area contributed by atoms with Crippen molar-refractivity contribution in [3.05, 3.63) is 42.2 Å². The van der Waals surface area contributed by atoms with Crippen LogP contribution in [-0.4, -0.2) is 64.8 Å². The number of halogens is 3. The summed E-state index contributed by atoms with van der Waals surface area (Å²) in [6.45, 7) is 6.25. The molecule has 4 rings (SSSR count). The van der Waals surface area contributed by atoms with Gasteiger partial charge in [-0.25, -0.2) is 4.79 Å². The number of anilines is 1. The van der Waals surface area contributed by atoms with Gasteiger partial charge in [-0.2, -0.15) is 13.2 Å². The number of pyridine rings is 1. The number of nitrogens with zero attached hydrogens (tertiary/aromatic N) is 4. The Morgan fingerprint density at radius 2 is 1.95 bits per heavy atom. The zero-order valence-electron chi connectivity index (χ0n) is 21.6. The lowest BCUT2D eigenvalue weighted by molar-refractivity contribution is -0.137. The second-order valence-electron chi connectivity index (χ2n) is 9.99. The summed E-state index contributed by atoms with van der Waals surface area (Å²) in [5.74, 6) is 0.425. The van der Waals surface area contributed by atoms with Gasteiger partial charge in [-0.1, -0.05) is 0 Å². The van der Waals surface area contributed by atoms with Gasteiger partial charge in [0.1, 0.15) is 17.0 Å². The first-order valence-electron chi connectivity index (χ1n) is 12.1. The quantitative estimate of drug-likeness (QED) is 0.415. The van der Waals surface area contributed by atoms with E-state index in [1.807, 2.05) is 20.8 Å². The molecule has 1 atom stereocenters. The first-order valence-corrected chi connectivity index (χ1v) is 12.1. The molecule has 0 aliphatic carbocycles. The number of carbonyl (C=O) groups excluding carboxylic acids is 1. The fourth-order valence-corrected chi connectivity index (χ4v) is 4.22. The van der Waals surface area contributed by atoms with E-state index in [9.17, 15) is 18.0 Å². The lowest BCUT2D eigenvalue weighted by atomic mass is 10.0. The first-order chi connectivity index (χ1) is 18.0. The van der Waals surface area contributed by atoms with Gasteiger partial charge in [0, 0.05) is 55.0 Å². The number of aromatic nitrogens is 3. The van der Waals surface area contributed by atoms with E-state index in [1.165, 1.54) is 13.2 Å². The maximum atomic E-state index is 13.3. The van der Waals surface area contributed by atoms with Gasteiger partial charge in [-0.15, -0.1) is 10.2 Å². The van der Waals surface area contributed by atoms with Crippen LogP contribution in [0.5, 0.6) is 5.75 Å².